The summed E-state index contributed by atoms with van der Waals surface area (Å²) in [5.74, 6) is 0. The Bertz CT molecular complexity index is 256. The fourth-order valence-corrected chi connectivity index (χ4v) is 0.830. The average molecular weight is 256 g/mol. The van der Waals surface area contributed by atoms with E-state index in [1.54, 1.807) is 0 Å². The summed E-state index contributed by atoms with van der Waals surface area (Å²) in [6, 6.07) is 12.7. The Balaban J connectivity index is 0.000000218. The zero-order valence-electron chi connectivity index (χ0n) is 5.66. The Labute approximate surface area is 79.2 Å². The number of hydrogen-bond donors (Lipinski definition) is 0. The Morgan fingerprint density at radius 2 is 1.45 bits per heavy atom. The molecule has 0 spiro atoms. The molecule has 0 amide bonds. The van der Waals surface area contributed by atoms with Crippen LogP contribution in [0, 0.1) is 26.2 Å². The van der Waals surface area contributed by atoms with Crippen LogP contribution >= 0.6 is 22.6 Å². The third-order valence-corrected chi connectivity index (χ3v) is 1.50. The van der Waals surface area contributed by atoms with Crippen molar-refractivity contribution in [3.05, 3.63) is 33.9 Å². The quantitative estimate of drug-likeness (QED) is 0.669. The van der Waals surface area contributed by atoms with Gasteiger partial charge in [0, 0.05) is 3.57 Å². The van der Waals surface area contributed by atoms with Crippen LogP contribution in [0.1, 0.15) is 0 Å². The van der Waals surface area contributed by atoms with Crippen LogP contribution in [0.4, 0.5) is 0 Å². The van der Waals surface area contributed by atoms with Gasteiger partial charge >= 0.3 is 0 Å². The van der Waals surface area contributed by atoms with E-state index >= 15 is 0 Å². The minimum absolute atomic E-state index is 1.24. The van der Waals surface area contributed by atoms with Crippen molar-refractivity contribution in [3.8, 4) is 12.1 Å². The van der Waals surface area contributed by atoms with Crippen molar-refractivity contribution in [2.75, 3.05) is 0 Å². The maximum absolute atomic E-state index is 7.26. The lowest BCUT2D eigenvalue weighted by molar-refractivity contribution is 1.49. The number of rotatable bonds is 0. The molecule has 0 N–H and O–H groups in total. The summed E-state index contributed by atoms with van der Waals surface area (Å²) in [4.78, 5) is 0. The second kappa shape index (κ2) is 7.04. The molecule has 0 heterocycles. The molecule has 0 fully saturated rings. The lowest BCUT2D eigenvalue weighted by Crippen LogP contribution is -1.61. The Morgan fingerprint density at radius 1 is 1.00 bits per heavy atom. The minimum Gasteiger partial charge on any atom is -0.181 e. The zero-order valence-corrected chi connectivity index (χ0v) is 7.82. The van der Waals surface area contributed by atoms with Crippen molar-refractivity contribution in [2.24, 2.45) is 0 Å². The van der Waals surface area contributed by atoms with E-state index in [2.05, 4.69) is 34.7 Å². The summed E-state index contributed by atoms with van der Waals surface area (Å²) in [7, 11) is 0. The predicted molar refractivity (Wildman–Crippen MR) is 50.4 cm³/mol. The lowest BCUT2D eigenvalue weighted by Gasteiger charge is -1.80. The van der Waals surface area contributed by atoms with Gasteiger partial charge < -0.3 is 0 Å². The molecular weight excluding hydrogens is 251 g/mol. The van der Waals surface area contributed by atoms with E-state index in [1.807, 2.05) is 18.2 Å². The van der Waals surface area contributed by atoms with Gasteiger partial charge in [-0.2, -0.15) is 10.5 Å². The molecule has 3 heteroatoms. The van der Waals surface area contributed by atoms with Gasteiger partial charge in [-0.3, -0.25) is 0 Å². The second-order valence-corrected chi connectivity index (χ2v) is 2.76. The normalized spacial score (nSPS) is 6.45. The van der Waals surface area contributed by atoms with Crippen LogP contribution < -0.4 is 0 Å². The highest BCUT2D eigenvalue weighted by molar-refractivity contribution is 14.1. The number of nitrogens with zero attached hydrogens (tertiary/aromatic N) is 2. The summed E-state index contributed by atoms with van der Waals surface area (Å²) in [6.07, 6.45) is 0. The fraction of sp³-hybridized carbons (Fsp3) is 0. The SMILES string of the molecule is Ic1ccccc1.N#CC#N. The Morgan fingerprint density at radius 3 is 1.64 bits per heavy atom. The first-order valence-corrected chi connectivity index (χ1v) is 3.88. The van der Waals surface area contributed by atoms with E-state index in [1.165, 1.54) is 15.7 Å². The van der Waals surface area contributed by atoms with Gasteiger partial charge in [0.2, 0.25) is 0 Å². The second-order valence-electron chi connectivity index (χ2n) is 1.52. The zero-order chi connectivity index (χ0) is 8.53. The van der Waals surface area contributed by atoms with Crippen LogP contribution in [0.2, 0.25) is 0 Å². The summed E-state index contributed by atoms with van der Waals surface area (Å²) < 4.78 is 1.29. The Kier molecular flexibility index (Phi) is 6.36. The highest BCUT2D eigenvalue weighted by Crippen LogP contribution is 1.99. The standard InChI is InChI=1S/C6H5I.C2N2/c7-6-4-2-1-3-5-6;3-1-2-4/h1-5H;. The van der Waals surface area contributed by atoms with Gasteiger partial charge in [-0.15, -0.1) is 0 Å². The van der Waals surface area contributed by atoms with Gasteiger partial charge in [-0.1, -0.05) is 18.2 Å². The molecule has 1 rings (SSSR count). The maximum Gasteiger partial charge on any atom is 0.181 e. The Hall–Kier alpha value is -1.07. The molecule has 1 aromatic carbocycles. The van der Waals surface area contributed by atoms with Crippen LogP contribution in [0.5, 0.6) is 0 Å². The summed E-state index contributed by atoms with van der Waals surface area (Å²) in [6.45, 7) is 0. The summed E-state index contributed by atoms with van der Waals surface area (Å²) in [5, 5.41) is 14.5. The molecule has 54 valence electrons. The molecule has 0 aliphatic heterocycles. The summed E-state index contributed by atoms with van der Waals surface area (Å²) in [5.41, 5.74) is 0. The van der Waals surface area contributed by atoms with Gasteiger partial charge in [0.25, 0.3) is 0 Å². The third-order valence-electron chi connectivity index (χ3n) is 0.783. The van der Waals surface area contributed by atoms with Crippen molar-refractivity contribution in [1.29, 1.82) is 10.5 Å². The van der Waals surface area contributed by atoms with Gasteiger partial charge in [0.1, 0.15) is 0 Å². The highest BCUT2D eigenvalue weighted by atomic mass is 127. The molecule has 0 radical (unpaired) electrons. The van der Waals surface area contributed by atoms with E-state index in [-0.39, 0.29) is 0 Å². The maximum atomic E-state index is 7.26. The van der Waals surface area contributed by atoms with Gasteiger partial charge in [0.15, 0.2) is 12.1 Å². The molecule has 0 atom stereocenters. The van der Waals surface area contributed by atoms with Crippen molar-refractivity contribution >= 4 is 22.6 Å². The van der Waals surface area contributed by atoms with Crippen LogP contribution in [0.3, 0.4) is 0 Å². The van der Waals surface area contributed by atoms with E-state index in [0.717, 1.165) is 0 Å². The van der Waals surface area contributed by atoms with Gasteiger partial charge in [0.05, 0.1) is 0 Å². The van der Waals surface area contributed by atoms with E-state index in [0.29, 0.717) is 0 Å². The molecule has 0 bridgehead atoms. The average Bonchev–Trinajstić information content (AvgIpc) is 2.07. The van der Waals surface area contributed by atoms with E-state index in [9.17, 15) is 0 Å². The van der Waals surface area contributed by atoms with E-state index < -0.39 is 0 Å². The van der Waals surface area contributed by atoms with Crippen LogP contribution in [0.25, 0.3) is 0 Å². The summed E-state index contributed by atoms with van der Waals surface area (Å²) >= 11 is 2.28. The van der Waals surface area contributed by atoms with Crippen LogP contribution in [0.15, 0.2) is 30.3 Å². The number of halogens is 1. The first-order chi connectivity index (χ1) is 5.31. The van der Waals surface area contributed by atoms with Crippen molar-refractivity contribution in [2.45, 2.75) is 0 Å². The smallest absolute Gasteiger partial charge is 0.181 e. The van der Waals surface area contributed by atoms with Crippen LogP contribution in [-0.4, -0.2) is 0 Å². The molecular formula is C8H5IN2. The molecule has 0 aliphatic carbocycles. The molecule has 0 unspecified atom stereocenters. The monoisotopic (exact) mass is 256 g/mol. The van der Waals surface area contributed by atoms with Crippen LogP contribution in [-0.2, 0) is 0 Å². The molecule has 2 nitrogen and oxygen atoms in total. The largest absolute Gasteiger partial charge is 0.181 e. The van der Waals surface area contributed by atoms with E-state index in [4.69, 9.17) is 10.5 Å². The van der Waals surface area contributed by atoms with Gasteiger partial charge in [-0.05, 0) is 34.7 Å². The topological polar surface area (TPSA) is 47.6 Å². The van der Waals surface area contributed by atoms with Crippen molar-refractivity contribution < 1.29 is 0 Å². The first-order valence-electron chi connectivity index (χ1n) is 2.80. The molecule has 0 aromatic heterocycles. The third kappa shape index (κ3) is 6.82. The predicted octanol–water partition coefficient (Wildman–Crippen LogP) is 2.32. The fourth-order valence-electron chi connectivity index (χ4n) is 0.415. The number of benzene rings is 1. The van der Waals surface area contributed by atoms with Crippen molar-refractivity contribution in [1.82, 2.24) is 0 Å². The van der Waals surface area contributed by atoms with Crippen molar-refractivity contribution in [3.63, 3.8) is 0 Å². The minimum atomic E-state index is 1.24. The molecule has 0 saturated heterocycles. The van der Waals surface area contributed by atoms with Gasteiger partial charge in [-0.25, -0.2) is 0 Å². The lowest BCUT2D eigenvalue weighted by atomic mass is 10.4. The number of hydrogen-bond acceptors (Lipinski definition) is 2. The molecule has 1 aromatic rings. The molecule has 0 saturated carbocycles. The highest BCUT2D eigenvalue weighted by Gasteiger charge is 1.74. The number of nitriles is 2. The molecule has 0 aliphatic rings. The molecule has 11 heavy (non-hydrogen) atoms. The first kappa shape index (κ1) is 9.93.